The number of carbonyl (C=O) groups excluding carboxylic acids is 1. The lowest BCUT2D eigenvalue weighted by molar-refractivity contribution is -0.137. The van der Waals surface area contributed by atoms with Crippen LogP contribution in [0.5, 0.6) is 11.5 Å². The van der Waals surface area contributed by atoms with Gasteiger partial charge >= 0.3 is 6.18 Å². The highest BCUT2D eigenvalue weighted by Crippen LogP contribution is 2.59. The van der Waals surface area contributed by atoms with Crippen LogP contribution in [0.4, 0.5) is 13.2 Å². The number of amides is 1. The molecule has 1 aliphatic carbocycles. The van der Waals surface area contributed by atoms with Gasteiger partial charge in [0.05, 0.1) is 12.7 Å². The summed E-state index contributed by atoms with van der Waals surface area (Å²) in [4.78, 5) is 14.9. The topological polar surface area (TPSA) is 61.8 Å². The Morgan fingerprint density at radius 3 is 2.62 bits per heavy atom. The number of phenolic OH excluding ortho intramolecular Hbond substituents is 1. The molecule has 2 aromatic carbocycles. The monoisotopic (exact) mass is 448 g/mol. The summed E-state index contributed by atoms with van der Waals surface area (Å²) >= 11 is 0. The predicted octanol–water partition coefficient (Wildman–Crippen LogP) is 4.34. The van der Waals surface area contributed by atoms with Crippen molar-refractivity contribution in [3.05, 3.63) is 59.2 Å². The number of piperidine rings is 1. The van der Waals surface area contributed by atoms with Crippen molar-refractivity contribution >= 4 is 5.91 Å². The third-order valence-electron chi connectivity index (χ3n) is 6.77. The van der Waals surface area contributed by atoms with Gasteiger partial charge in [-0.1, -0.05) is 18.2 Å². The van der Waals surface area contributed by atoms with Gasteiger partial charge in [0.2, 0.25) is 5.91 Å². The number of rotatable bonds is 6. The molecule has 1 aliphatic heterocycles. The van der Waals surface area contributed by atoms with Crippen molar-refractivity contribution in [1.29, 1.82) is 0 Å². The molecule has 2 aliphatic rings. The molecule has 2 N–H and O–H groups in total. The molecule has 0 unspecified atom stereocenters. The predicted molar refractivity (Wildman–Crippen MR) is 113 cm³/mol. The van der Waals surface area contributed by atoms with E-state index in [0.29, 0.717) is 17.9 Å². The van der Waals surface area contributed by atoms with E-state index in [1.807, 2.05) is 12.1 Å². The van der Waals surface area contributed by atoms with Gasteiger partial charge in [0.15, 0.2) is 0 Å². The normalized spacial score (nSPS) is 20.2. The number of aromatic hydroxyl groups is 1. The number of ether oxygens (including phenoxy) is 1. The fourth-order valence-electron chi connectivity index (χ4n) is 4.64. The summed E-state index contributed by atoms with van der Waals surface area (Å²) in [7, 11) is 1.56. The van der Waals surface area contributed by atoms with Gasteiger partial charge in [0.1, 0.15) is 11.5 Å². The standard InChI is InChI=1S/C24H27F3N2O3/c1-32-19-6-5-17(21(30)12-19)15-29-9-7-23(8-10-29)13-20(23)22(31)28-14-16-3-2-4-18(11-16)24(25,26)27/h2-6,11-12,20,30H,7-10,13-15H2,1H3,(H,28,31)/t20-/m1/s1. The first-order chi connectivity index (χ1) is 15.2. The summed E-state index contributed by atoms with van der Waals surface area (Å²) in [5.74, 6) is 0.664. The lowest BCUT2D eigenvalue weighted by atomic mass is 9.90. The van der Waals surface area contributed by atoms with Crippen LogP contribution in [0.2, 0.25) is 0 Å². The van der Waals surface area contributed by atoms with E-state index in [1.54, 1.807) is 19.2 Å². The van der Waals surface area contributed by atoms with E-state index in [9.17, 15) is 23.1 Å². The molecule has 1 atom stereocenters. The quantitative estimate of drug-likeness (QED) is 0.690. The van der Waals surface area contributed by atoms with Crippen LogP contribution in [0.25, 0.3) is 0 Å². The third-order valence-corrected chi connectivity index (χ3v) is 6.77. The molecule has 1 spiro atoms. The summed E-state index contributed by atoms with van der Waals surface area (Å²) in [6, 6.07) is 10.3. The number of benzene rings is 2. The largest absolute Gasteiger partial charge is 0.507 e. The number of phenols is 1. The Balaban J connectivity index is 1.26. The fourth-order valence-corrected chi connectivity index (χ4v) is 4.64. The molecule has 172 valence electrons. The van der Waals surface area contributed by atoms with Crippen LogP contribution in [-0.4, -0.2) is 36.1 Å². The van der Waals surface area contributed by atoms with Gasteiger partial charge in [-0.2, -0.15) is 13.2 Å². The van der Waals surface area contributed by atoms with Crippen LogP contribution < -0.4 is 10.1 Å². The van der Waals surface area contributed by atoms with Crippen LogP contribution in [0.1, 0.15) is 36.0 Å². The maximum atomic E-state index is 12.9. The smallest absolute Gasteiger partial charge is 0.416 e. The van der Waals surface area contributed by atoms with Crippen molar-refractivity contribution in [3.8, 4) is 11.5 Å². The molecule has 1 saturated heterocycles. The van der Waals surface area contributed by atoms with E-state index in [-0.39, 0.29) is 29.5 Å². The zero-order valence-corrected chi connectivity index (χ0v) is 17.9. The second-order valence-corrected chi connectivity index (χ2v) is 8.81. The Labute approximate surface area is 185 Å². The minimum atomic E-state index is -4.39. The van der Waals surface area contributed by atoms with Crippen molar-refractivity contribution in [3.63, 3.8) is 0 Å². The summed E-state index contributed by atoms with van der Waals surface area (Å²) in [5.41, 5.74) is 0.573. The van der Waals surface area contributed by atoms with Gasteiger partial charge in [-0.15, -0.1) is 0 Å². The van der Waals surface area contributed by atoms with Gasteiger partial charge in [-0.25, -0.2) is 0 Å². The molecule has 0 radical (unpaired) electrons. The van der Waals surface area contributed by atoms with Gasteiger partial charge < -0.3 is 15.2 Å². The Morgan fingerprint density at radius 2 is 1.97 bits per heavy atom. The highest BCUT2D eigenvalue weighted by Gasteiger charge is 2.58. The fraction of sp³-hybridized carbons (Fsp3) is 0.458. The van der Waals surface area contributed by atoms with E-state index < -0.39 is 11.7 Å². The van der Waals surface area contributed by atoms with E-state index in [4.69, 9.17) is 4.74 Å². The number of nitrogens with zero attached hydrogens (tertiary/aromatic N) is 1. The minimum absolute atomic E-state index is 0.00362. The Kier molecular flexibility index (Phi) is 6.07. The van der Waals surface area contributed by atoms with Crippen LogP contribution in [-0.2, 0) is 24.1 Å². The summed E-state index contributed by atoms with van der Waals surface area (Å²) < 4.78 is 43.7. The van der Waals surface area contributed by atoms with Gasteiger partial charge in [0, 0.05) is 30.6 Å². The van der Waals surface area contributed by atoms with E-state index >= 15 is 0 Å². The molecule has 8 heteroatoms. The molecule has 1 amide bonds. The van der Waals surface area contributed by atoms with Crippen molar-refractivity contribution < 1.29 is 27.8 Å². The third kappa shape index (κ3) is 4.85. The van der Waals surface area contributed by atoms with Crippen molar-refractivity contribution in [2.45, 2.75) is 38.5 Å². The molecule has 2 fully saturated rings. The Hall–Kier alpha value is -2.74. The molecule has 1 saturated carbocycles. The number of nitrogens with one attached hydrogen (secondary N) is 1. The van der Waals surface area contributed by atoms with E-state index in [0.717, 1.165) is 50.0 Å². The summed E-state index contributed by atoms with van der Waals surface area (Å²) in [6.45, 7) is 2.41. The second kappa shape index (κ2) is 8.65. The molecule has 0 bridgehead atoms. The molecular formula is C24H27F3N2O3. The lowest BCUT2D eigenvalue weighted by Crippen LogP contribution is -2.36. The summed E-state index contributed by atoms with van der Waals surface area (Å²) in [5, 5.41) is 13.0. The molecule has 32 heavy (non-hydrogen) atoms. The molecular weight excluding hydrogens is 421 g/mol. The van der Waals surface area contributed by atoms with Gasteiger partial charge in [0.25, 0.3) is 0 Å². The van der Waals surface area contributed by atoms with Crippen LogP contribution in [0, 0.1) is 11.3 Å². The average molecular weight is 448 g/mol. The molecule has 5 nitrogen and oxygen atoms in total. The number of hydrogen-bond donors (Lipinski definition) is 2. The van der Waals surface area contributed by atoms with Crippen molar-refractivity contribution in [2.24, 2.45) is 11.3 Å². The Morgan fingerprint density at radius 1 is 1.22 bits per heavy atom. The maximum Gasteiger partial charge on any atom is 0.416 e. The zero-order valence-electron chi connectivity index (χ0n) is 17.9. The molecule has 1 heterocycles. The van der Waals surface area contributed by atoms with Crippen molar-refractivity contribution in [1.82, 2.24) is 10.2 Å². The zero-order chi connectivity index (χ0) is 22.9. The SMILES string of the molecule is COc1ccc(CN2CCC3(CC2)C[C@@H]3C(=O)NCc2cccc(C(F)(F)F)c2)c(O)c1. The van der Waals surface area contributed by atoms with E-state index in [2.05, 4.69) is 10.2 Å². The maximum absolute atomic E-state index is 12.9. The van der Waals surface area contributed by atoms with Crippen LogP contribution >= 0.6 is 0 Å². The van der Waals surface area contributed by atoms with E-state index in [1.165, 1.54) is 6.07 Å². The number of methoxy groups -OCH3 is 1. The summed E-state index contributed by atoms with van der Waals surface area (Å²) in [6.07, 6.45) is -1.78. The first-order valence-electron chi connectivity index (χ1n) is 10.7. The molecule has 0 aromatic heterocycles. The number of hydrogen-bond acceptors (Lipinski definition) is 4. The minimum Gasteiger partial charge on any atom is -0.507 e. The number of likely N-dealkylation sites (tertiary alicyclic amines) is 1. The number of carbonyl (C=O) groups is 1. The molecule has 4 rings (SSSR count). The average Bonchev–Trinajstić information content (AvgIpc) is 3.48. The number of halogens is 3. The number of alkyl halides is 3. The first kappa shape index (κ1) is 22.5. The molecule has 2 aromatic rings. The highest BCUT2D eigenvalue weighted by molar-refractivity contribution is 5.82. The van der Waals surface area contributed by atoms with Crippen LogP contribution in [0.3, 0.4) is 0 Å². The van der Waals surface area contributed by atoms with Crippen LogP contribution in [0.15, 0.2) is 42.5 Å². The van der Waals surface area contributed by atoms with Crippen molar-refractivity contribution in [2.75, 3.05) is 20.2 Å². The Bertz CT molecular complexity index is 985. The first-order valence-corrected chi connectivity index (χ1v) is 10.7. The van der Waals surface area contributed by atoms with Gasteiger partial charge in [-0.05, 0) is 61.5 Å². The van der Waals surface area contributed by atoms with Gasteiger partial charge in [-0.3, -0.25) is 9.69 Å². The highest BCUT2D eigenvalue weighted by atomic mass is 19.4. The lowest BCUT2D eigenvalue weighted by Gasteiger charge is -2.33. The second-order valence-electron chi connectivity index (χ2n) is 8.81.